The number of nitrogens with one attached hydrogen (secondary N) is 1. The first-order valence-corrected chi connectivity index (χ1v) is 12.5. The van der Waals surface area contributed by atoms with Crippen LogP contribution in [0.2, 0.25) is 0 Å². The van der Waals surface area contributed by atoms with Gasteiger partial charge in [0.05, 0.1) is 16.7 Å². The Kier molecular flexibility index (Phi) is 7.09. The van der Waals surface area contributed by atoms with Gasteiger partial charge >= 0.3 is 0 Å². The van der Waals surface area contributed by atoms with Crippen molar-refractivity contribution in [1.29, 1.82) is 0 Å². The second-order valence-corrected chi connectivity index (χ2v) is 9.82. The number of para-hydroxylation sites is 1. The predicted molar refractivity (Wildman–Crippen MR) is 130 cm³/mol. The minimum Gasteiger partial charge on any atom is -0.496 e. The van der Waals surface area contributed by atoms with Crippen molar-refractivity contribution in [2.24, 2.45) is 0 Å². The van der Waals surface area contributed by atoms with E-state index in [0.29, 0.717) is 0 Å². The Morgan fingerprint density at radius 2 is 1.97 bits per heavy atom. The van der Waals surface area contributed by atoms with Crippen molar-refractivity contribution in [3.8, 4) is 5.75 Å². The summed E-state index contributed by atoms with van der Waals surface area (Å²) in [5.74, 6) is 0.969. The van der Waals surface area contributed by atoms with Crippen molar-refractivity contribution >= 4 is 43.2 Å². The van der Waals surface area contributed by atoms with Crippen LogP contribution in [0.15, 0.2) is 30.3 Å². The average molecular weight is 459 g/mol. The molecule has 0 radical (unpaired) electrons. The summed E-state index contributed by atoms with van der Waals surface area (Å²) < 4.78 is 6.57. The number of thiophene rings is 1. The summed E-state index contributed by atoms with van der Waals surface area (Å²) >= 11 is 3.17. The molecule has 0 spiro atoms. The van der Waals surface area contributed by atoms with Gasteiger partial charge in [0, 0.05) is 44.3 Å². The fourth-order valence-electron chi connectivity index (χ4n) is 4.03. The van der Waals surface area contributed by atoms with Crippen LogP contribution in [0.4, 0.5) is 5.13 Å². The number of nitrogens with zero attached hydrogens (tertiary/aromatic N) is 3. The Morgan fingerprint density at radius 1 is 1.23 bits per heavy atom. The number of hydrogen-bond donors (Lipinski definition) is 1. The first kappa shape index (κ1) is 22.0. The number of likely N-dealkylation sites (tertiary alicyclic amines) is 1. The molecule has 1 N–H and O–H groups in total. The SMILES string of the molecule is CCN(CC)c1nc2sc(C(=O)NC3CCN(Cc4ccccc4OC)CC3)cc2s1. The van der Waals surface area contributed by atoms with E-state index in [1.807, 2.05) is 18.2 Å². The summed E-state index contributed by atoms with van der Waals surface area (Å²) in [5, 5.41) is 4.28. The van der Waals surface area contributed by atoms with Crippen LogP contribution in [0.25, 0.3) is 9.53 Å². The number of hydrogen-bond acceptors (Lipinski definition) is 7. The molecule has 0 bridgehead atoms. The van der Waals surface area contributed by atoms with Crippen molar-refractivity contribution in [2.45, 2.75) is 39.3 Å². The number of thiazole rings is 1. The molecule has 3 aromatic rings. The zero-order chi connectivity index (χ0) is 21.8. The van der Waals surface area contributed by atoms with Crippen LogP contribution in [-0.4, -0.2) is 55.1 Å². The molecule has 0 saturated carbocycles. The lowest BCUT2D eigenvalue weighted by Gasteiger charge is -2.32. The maximum absolute atomic E-state index is 12.8. The Balaban J connectivity index is 1.31. The van der Waals surface area contributed by atoms with E-state index in [4.69, 9.17) is 9.72 Å². The third kappa shape index (κ3) is 5.02. The first-order valence-electron chi connectivity index (χ1n) is 10.9. The van der Waals surface area contributed by atoms with Crippen LogP contribution in [0.3, 0.4) is 0 Å². The molecule has 166 valence electrons. The highest BCUT2D eigenvalue weighted by atomic mass is 32.1. The van der Waals surface area contributed by atoms with E-state index < -0.39 is 0 Å². The van der Waals surface area contributed by atoms with E-state index in [-0.39, 0.29) is 11.9 Å². The fourth-order valence-corrected chi connectivity index (χ4v) is 6.27. The number of anilines is 1. The van der Waals surface area contributed by atoms with Crippen LogP contribution in [0, 0.1) is 0 Å². The predicted octanol–water partition coefficient (Wildman–Crippen LogP) is 4.61. The van der Waals surface area contributed by atoms with E-state index in [1.165, 1.54) is 16.9 Å². The molecular formula is C23H30N4O2S2. The summed E-state index contributed by atoms with van der Waals surface area (Å²) in [6.45, 7) is 8.99. The third-order valence-corrected chi connectivity index (χ3v) is 8.07. The van der Waals surface area contributed by atoms with Gasteiger partial charge in [0.1, 0.15) is 10.6 Å². The number of fused-ring (bicyclic) bond motifs is 1. The molecule has 1 aromatic carbocycles. The number of ether oxygens (including phenoxy) is 1. The minimum atomic E-state index is 0.0303. The van der Waals surface area contributed by atoms with Crippen molar-refractivity contribution < 1.29 is 9.53 Å². The highest BCUT2D eigenvalue weighted by molar-refractivity contribution is 7.29. The quantitative estimate of drug-likeness (QED) is 0.534. The first-order chi connectivity index (χ1) is 15.1. The maximum atomic E-state index is 12.8. The number of amides is 1. The van der Waals surface area contributed by atoms with Gasteiger partial charge in [-0.25, -0.2) is 4.98 Å². The molecule has 1 saturated heterocycles. The van der Waals surface area contributed by atoms with E-state index >= 15 is 0 Å². The average Bonchev–Trinajstić information content (AvgIpc) is 3.36. The van der Waals surface area contributed by atoms with Gasteiger partial charge in [-0.2, -0.15) is 0 Å². The Hall–Kier alpha value is -2.16. The summed E-state index contributed by atoms with van der Waals surface area (Å²) in [4.78, 5) is 23.9. The molecule has 0 unspecified atom stereocenters. The smallest absolute Gasteiger partial charge is 0.261 e. The van der Waals surface area contributed by atoms with Crippen molar-refractivity contribution in [3.63, 3.8) is 0 Å². The molecule has 0 atom stereocenters. The number of methoxy groups -OCH3 is 1. The van der Waals surface area contributed by atoms with Crippen LogP contribution in [0.1, 0.15) is 41.9 Å². The molecule has 1 aliphatic rings. The molecule has 0 aliphatic carbocycles. The van der Waals surface area contributed by atoms with Gasteiger partial charge in [0.25, 0.3) is 5.91 Å². The normalized spacial score (nSPS) is 15.3. The molecular weight excluding hydrogens is 428 g/mol. The third-order valence-electron chi connectivity index (χ3n) is 5.85. The number of carbonyl (C=O) groups is 1. The number of benzene rings is 1. The lowest BCUT2D eigenvalue weighted by Crippen LogP contribution is -2.44. The van der Waals surface area contributed by atoms with E-state index in [2.05, 4.69) is 41.1 Å². The zero-order valence-corrected chi connectivity index (χ0v) is 20.0. The Bertz CT molecular complexity index is 988. The van der Waals surface area contributed by atoms with Crippen molar-refractivity contribution in [3.05, 3.63) is 40.8 Å². The van der Waals surface area contributed by atoms with Gasteiger partial charge in [-0.05, 0) is 38.8 Å². The topological polar surface area (TPSA) is 57.7 Å². The molecule has 2 aromatic heterocycles. The molecule has 3 heterocycles. The summed E-state index contributed by atoms with van der Waals surface area (Å²) in [6, 6.07) is 10.4. The fraction of sp³-hybridized carbons (Fsp3) is 0.478. The van der Waals surface area contributed by atoms with Crippen LogP contribution >= 0.6 is 22.7 Å². The van der Waals surface area contributed by atoms with Crippen molar-refractivity contribution in [2.75, 3.05) is 38.2 Å². The van der Waals surface area contributed by atoms with Gasteiger partial charge in [-0.3, -0.25) is 9.69 Å². The summed E-state index contributed by atoms with van der Waals surface area (Å²) in [5.41, 5.74) is 1.21. The number of carbonyl (C=O) groups excluding carboxylic acids is 1. The molecule has 31 heavy (non-hydrogen) atoms. The van der Waals surface area contributed by atoms with Crippen molar-refractivity contribution in [1.82, 2.24) is 15.2 Å². The standard InChI is InChI=1S/C23H30N4O2S2/c1-4-27(5-2)23-25-22-20(31-23)14-19(30-22)21(28)24-17-10-12-26(13-11-17)15-16-8-6-7-9-18(16)29-3/h6-9,14,17H,4-5,10-13,15H2,1-3H3,(H,24,28). The molecule has 8 heteroatoms. The summed E-state index contributed by atoms with van der Waals surface area (Å²) in [7, 11) is 1.72. The minimum absolute atomic E-state index is 0.0303. The van der Waals surface area contributed by atoms with Crippen LogP contribution in [0.5, 0.6) is 5.75 Å². The number of piperidine rings is 1. The number of rotatable bonds is 8. The second kappa shape index (κ2) is 9.97. The van der Waals surface area contributed by atoms with Gasteiger partial charge in [0.15, 0.2) is 5.13 Å². The number of aromatic nitrogens is 1. The van der Waals surface area contributed by atoms with E-state index in [1.54, 1.807) is 18.4 Å². The van der Waals surface area contributed by atoms with Gasteiger partial charge in [-0.15, -0.1) is 11.3 Å². The highest BCUT2D eigenvalue weighted by Gasteiger charge is 2.23. The molecule has 4 rings (SSSR count). The largest absolute Gasteiger partial charge is 0.496 e. The molecule has 1 amide bonds. The molecule has 1 fully saturated rings. The van der Waals surface area contributed by atoms with Gasteiger partial charge < -0.3 is 15.0 Å². The Morgan fingerprint density at radius 3 is 2.65 bits per heavy atom. The Labute approximate surface area is 191 Å². The van der Waals surface area contributed by atoms with Gasteiger partial charge in [-0.1, -0.05) is 29.5 Å². The second-order valence-electron chi connectivity index (χ2n) is 7.78. The maximum Gasteiger partial charge on any atom is 0.261 e. The lowest BCUT2D eigenvalue weighted by molar-refractivity contribution is 0.0913. The van der Waals surface area contributed by atoms with Crippen LogP contribution in [-0.2, 0) is 6.54 Å². The highest BCUT2D eigenvalue weighted by Crippen LogP contribution is 2.34. The van der Waals surface area contributed by atoms with E-state index in [9.17, 15) is 4.79 Å². The van der Waals surface area contributed by atoms with E-state index in [0.717, 1.165) is 70.9 Å². The zero-order valence-electron chi connectivity index (χ0n) is 18.4. The summed E-state index contributed by atoms with van der Waals surface area (Å²) in [6.07, 6.45) is 1.93. The lowest BCUT2D eigenvalue weighted by atomic mass is 10.0. The monoisotopic (exact) mass is 458 g/mol. The molecule has 6 nitrogen and oxygen atoms in total. The molecule has 1 aliphatic heterocycles. The van der Waals surface area contributed by atoms with Crippen LogP contribution < -0.4 is 15.0 Å². The van der Waals surface area contributed by atoms with Gasteiger partial charge in [0.2, 0.25) is 0 Å².